The maximum Gasteiger partial charge on any atom is 0.0598 e. The third kappa shape index (κ3) is 2.85. The number of hydrogen-bond donors (Lipinski definition) is 0. The van der Waals surface area contributed by atoms with Crippen LogP contribution >= 0.6 is 23.1 Å². The number of thiophene rings is 1. The van der Waals surface area contributed by atoms with Gasteiger partial charge in [0, 0.05) is 18.4 Å². The first-order valence-electron chi connectivity index (χ1n) is 3.48. The van der Waals surface area contributed by atoms with Gasteiger partial charge in [-0.15, -0.1) is 23.1 Å². The Labute approximate surface area is 75.8 Å². The quantitative estimate of drug-likeness (QED) is 0.672. The smallest absolute Gasteiger partial charge is 0.0598 e. The minimum absolute atomic E-state index is 0.828. The molecule has 0 amide bonds. The maximum atomic E-state index is 4.99. The fraction of sp³-hybridized carbons (Fsp3) is 0.500. The van der Waals surface area contributed by atoms with E-state index in [1.807, 2.05) is 11.3 Å². The predicted molar refractivity (Wildman–Crippen MR) is 51.7 cm³/mol. The average molecular weight is 188 g/mol. The molecular formula is C8H12OS2. The molecule has 1 aromatic rings. The van der Waals surface area contributed by atoms with Gasteiger partial charge in [-0.2, -0.15) is 0 Å². The minimum atomic E-state index is 0.828. The van der Waals surface area contributed by atoms with Gasteiger partial charge >= 0.3 is 0 Å². The summed E-state index contributed by atoms with van der Waals surface area (Å²) in [6, 6.07) is 4.34. The van der Waals surface area contributed by atoms with Gasteiger partial charge in [0.1, 0.15) is 0 Å². The first-order valence-corrected chi connectivity index (χ1v) is 5.52. The van der Waals surface area contributed by atoms with Gasteiger partial charge in [-0.05, 0) is 18.4 Å². The Morgan fingerprint density at radius 3 is 2.91 bits per heavy atom. The van der Waals surface area contributed by atoms with Crippen molar-refractivity contribution in [3.63, 3.8) is 0 Å². The van der Waals surface area contributed by atoms with Crippen molar-refractivity contribution in [1.82, 2.24) is 0 Å². The molecule has 0 aliphatic heterocycles. The third-order valence-corrected chi connectivity index (χ3v) is 3.62. The molecule has 0 atom stereocenters. The predicted octanol–water partition coefficient (Wildman–Crippen LogP) is 2.66. The second-order valence-electron chi connectivity index (χ2n) is 2.17. The first kappa shape index (κ1) is 9.10. The van der Waals surface area contributed by atoms with E-state index >= 15 is 0 Å². The van der Waals surface area contributed by atoms with Crippen LogP contribution in [0.25, 0.3) is 0 Å². The normalized spacial score (nSPS) is 10.4. The molecule has 0 bridgehead atoms. The fourth-order valence-electron chi connectivity index (χ4n) is 0.805. The van der Waals surface area contributed by atoms with Gasteiger partial charge in [0.05, 0.1) is 10.8 Å². The zero-order valence-corrected chi connectivity index (χ0v) is 8.43. The zero-order chi connectivity index (χ0) is 8.10. The Morgan fingerprint density at radius 1 is 1.55 bits per heavy atom. The molecule has 0 spiro atoms. The third-order valence-electron chi connectivity index (χ3n) is 1.39. The minimum Gasteiger partial charge on any atom is -0.384 e. The van der Waals surface area contributed by atoms with Gasteiger partial charge in [-0.1, -0.05) is 0 Å². The lowest BCUT2D eigenvalue weighted by molar-refractivity contribution is 0.203. The van der Waals surface area contributed by atoms with E-state index < -0.39 is 0 Å². The van der Waals surface area contributed by atoms with Crippen molar-refractivity contribution in [1.29, 1.82) is 0 Å². The number of methoxy groups -OCH3 is 1. The van der Waals surface area contributed by atoms with E-state index in [0.29, 0.717) is 0 Å². The molecule has 0 N–H and O–H groups in total. The van der Waals surface area contributed by atoms with Crippen LogP contribution in [0, 0.1) is 0 Å². The van der Waals surface area contributed by atoms with E-state index in [-0.39, 0.29) is 0 Å². The van der Waals surface area contributed by atoms with E-state index in [4.69, 9.17) is 4.74 Å². The summed E-state index contributed by atoms with van der Waals surface area (Å²) in [5.41, 5.74) is 0. The van der Waals surface area contributed by atoms with Crippen molar-refractivity contribution in [2.24, 2.45) is 0 Å². The second kappa shape index (κ2) is 4.80. The lowest BCUT2D eigenvalue weighted by Gasteiger charge is -1.93. The van der Waals surface area contributed by atoms with Crippen LogP contribution in [0.2, 0.25) is 0 Å². The molecule has 11 heavy (non-hydrogen) atoms. The van der Waals surface area contributed by atoms with Gasteiger partial charge in [-0.3, -0.25) is 0 Å². The molecule has 0 aliphatic carbocycles. The number of thioether (sulfide) groups is 1. The highest BCUT2D eigenvalue weighted by atomic mass is 32.2. The summed E-state index contributed by atoms with van der Waals surface area (Å²) in [4.78, 5) is 1.41. The summed E-state index contributed by atoms with van der Waals surface area (Å²) >= 11 is 3.66. The number of hydrogen-bond acceptors (Lipinski definition) is 3. The lowest BCUT2D eigenvalue weighted by atomic mass is 10.4. The van der Waals surface area contributed by atoms with Gasteiger partial charge in [0.2, 0.25) is 0 Å². The van der Waals surface area contributed by atoms with Gasteiger partial charge in [-0.25, -0.2) is 0 Å². The summed E-state index contributed by atoms with van der Waals surface area (Å²) in [7, 11) is 1.74. The molecule has 0 saturated heterocycles. The highest BCUT2D eigenvalue weighted by molar-refractivity contribution is 8.00. The fourth-order valence-corrected chi connectivity index (χ4v) is 2.38. The molecule has 62 valence electrons. The van der Waals surface area contributed by atoms with Gasteiger partial charge in [0.15, 0.2) is 0 Å². The SMILES string of the molecule is COCCc1ccc(SC)s1. The van der Waals surface area contributed by atoms with Crippen LogP contribution in [-0.4, -0.2) is 20.0 Å². The van der Waals surface area contributed by atoms with E-state index in [1.165, 1.54) is 9.09 Å². The first-order chi connectivity index (χ1) is 5.36. The lowest BCUT2D eigenvalue weighted by Crippen LogP contribution is -1.90. The van der Waals surface area contributed by atoms with Crippen molar-refractivity contribution in [3.05, 3.63) is 17.0 Å². The van der Waals surface area contributed by atoms with Gasteiger partial charge < -0.3 is 4.74 Å². The number of ether oxygens (including phenoxy) is 1. The number of rotatable bonds is 4. The monoisotopic (exact) mass is 188 g/mol. The van der Waals surface area contributed by atoms with E-state index in [0.717, 1.165) is 13.0 Å². The summed E-state index contributed by atoms with van der Waals surface area (Å²) in [6.07, 6.45) is 3.15. The van der Waals surface area contributed by atoms with Crippen LogP contribution in [-0.2, 0) is 11.2 Å². The van der Waals surface area contributed by atoms with Crippen LogP contribution in [0.15, 0.2) is 16.3 Å². The van der Waals surface area contributed by atoms with E-state index in [2.05, 4.69) is 18.4 Å². The molecule has 3 heteroatoms. The van der Waals surface area contributed by atoms with Crippen LogP contribution in [0.4, 0.5) is 0 Å². The highest BCUT2D eigenvalue weighted by Crippen LogP contribution is 2.25. The highest BCUT2D eigenvalue weighted by Gasteiger charge is 1.97. The van der Waals surface area contributed by atoms with Crippen molar-refractivity contribution in [3.8, 4) is 0 Å². The molecule has 0 aliphatic rings. The summed E-state index contributed by atoms with van der Waals surface area (Å²) in [5, 5.41) is 0. The van der Waals surface area contributed by atoms with Crippen LogP contribution in [0.3, 0.4) is 0 Å². The van der Waals surface area contributed by atoms with E-state index in [9.17, 15) is 0 Å². The van der Waals surface area contributed by atoms with Crippen LogP contribution < -0.4 is 0 Å². The Hall–Kier alpha value is 0.01000. The Bertz CT molecular complexity index is 208. The summed E-state index contributed by atoms with van der Waals surface area (Å²) in [6.45, 7) is 0.828. The van der Waals surface area contributed by atoms with Gasteiger partial charge in [0.25, 0.3) is 0 Å². The van der Waals surface area contributed by atoms with E-state index in [1.54, 1.807) is 18.9 Å². The van der Waals surface area contributed by atoms with Crippen LogP contribution in [0.1, 0.15) is 4.88 Å². The van der Waals surface area contributed by atoms with Crippen LogP contribution in [0.5, 0.6) is 0 Å². The molecule has 1 heterocycles. The van der Waals surface area contributed by atoms with Crippen molar-refractivity contribution >= 4 is 23.1 Å². The average Bonchev–Trinajstić information content (AvgIpc) is 2.48. The summed E-state index contributed by atoms with van der Waals surface area (Å²) in [5.74, 6) is 0. The van der Waals surface area contributed by atoms with Crippen molar-refractivity contribution < 1.29 is 4.74 Å². The molecule has 0 saturated carbocycles. The molecular weight excluding hydrogens is 176 g/mol. The molecule has 0 fully saturated rings. The molecule has 1 rings (SSSR count). The maximum absolute atomic E-state index is 4.99. The summed E-state index contributed by atoms with van der Waals surface area (Å²) < 4.78 is 6.37. The largest absolute Gasteiger partial charge is 0.384 e. The van der Waals surface area contributed by atoms with Crippen molar-refractivity contribution in [2.45, 2.75) is 10.6 Å². The second-order valence-corrected chi connectivity index (χ2v) is 4.44. The Balaban J connectivity index is 2.44. The Morgan fingerprint density at radius 2 is 2.36 bits per heavy atom. The topological polar surface area (TPSA) is 9.23 Å². The molecule has 1 aromatic heterocycles. The van der Waals surface area contributed by atoms with Crippen molar-refractivity contribution in [2.75, 3.05) is 20.0 Å². The standard InChI is InChI=1S/C8H12OS2/c1-9-6-5-7-3-4-8(10-2)11-7/h3-4H,5-6H2,1-2H3. The zero-order valence-electron chi connectivity index (χ0n) is 6.79. The Kier molecular flexibility index (Phi) is 3.97. The molecule has 0 unspecified atom stereocenters. The molecule has 0 radical (unpaired) electrons. The molecule has 0 aromatic carbocycles. The molecule has 1 nitrogen and oxygen atoms in total.